The van der Waals surface area contributed by atoms with E-state index < -0.39 is 0 Å². The molecule has 0 aliphatic carbocycles. The van der Waals surface area contributed by atoms with Gasteiger partial charge in [-0.25, -0.2) is 4.98 Å². The molecule has 2 aromatic heterocycles. The summed E-state index contributed by atoms with van der Waals surface area (Å²) in [5, 5.41) is 3.36. The Morgan fingerprint density at radius 2 is 2.17 bits per heavy atom. The van der Waals surface area contributed by atoms with E-state index in [2.05, 4.69) is 11.6 Å². The van der Waals surface area contributed by atoms with Gasteiger partial charge in [0.25, 0.3) is 5.91 Å². The number of carbonyl (C=O) groups is 1. The number of rotatable bonds is 5. The number of aromatic nitrogens is 1. The summed E-state index contributed by atoms with van der Waals surface area (Å²) < 4.78 is 0. The van der Waals surface area contributed by atoms with Crippen molar-refractivity contribution in [1.82, 2.24) is 9.88 Å². The first-order valence-electron chi connectivity index (χ1n) is 7.16. The maximum Gasteiger partial charge on any atom is 0.254 e. The SMILES string of the molecule is C=CCN(Cc1cccs1)C(=O)c1ccc2nc(Cl)ccc2c1. The van der Waals surface area contributed by atoms with E-state index in [9.17, 15) is 4.79 Å². The zero-order valence-electron chi connectivity index (χ0n) is 12.4. The van der Waals surface area contributed by atoms with E-state index in [-0.39, 0.29) is 5.91 Å². The Labute approximate surface area is 143 Å². The van der Waals surface area contributed by atoms with Crippen molar-refractivity contribution < 1.29 is 4.79 Å². The first kappa shape index (κ1) is 15.7. The van der Waals surface area contributed by atoms with Crippen LogP contribution in [0.15, 0.2) is 60.5 Å². The first-order chi connectivity index (χ1) is 11.2. The van der Waals surface area contributed by atoms with Crippen molar-refractivity contribution in [3.63, 3.8) is 0 Å². The van der Waals surface area contributed by atoms with Crippen LogP contribution in [0.5, 0.6) is 0 Å². The second-order valence-corrected chi connectivity index (χ2v) is 6.51. The summed E-state index contributed by atoms with van der Waals surface area (Å²) in [6.45, 7) is 4.84. The van der Waals surface area contributed by atoms with E-state index in [4.69, 9.17) is 11.6 Å². The molecule has 116 valence electrons. The van der Waals surface area contributed by atoms with E-state index in [0.29, 0.717) is 23.8 Å². The van der Waals surface area contributed by atoms with Crippen LogP contribution in [0.2, 0.25) is 5.15 Å². The van der Waals surface area contributed by atoms with Crippen molar-refractivity contribution in [2.45, 2.75) is 6.54 Å². The minimum Gasteiger partial charge on any atom is -0.330 e. The number of benzene rings is 1. The summed E-state index contributed by atoms with van der Waals surface area (Å²) in [7, 11) is 0. The van der Waals surface area contributed by atoms with Crippen LogP contribution < -0.4 is 0 Å². The van der Waals surface area contributed by atoms with Gasteiger partial charge in [0.15, 0.2) is 0 Å². The number of hydrogen-bond donors (Lipinski definition) is 0. The minimum atomic E-state index is -0.0184. The average Bonchev–Trinajstić information content (AvgIpc) is 3.06. The van der Waals surface area contributed by atoms with Crippen LogP contribution in [0.4, 0.5) is 0 Å². The predicted octanol–water partition coefficient (Wildman–Crippen LogP) is 4.78. The highest BCUT2D eigenvalue weighted by Crippen LogP contribution is 2.19. The zero-order chi connectivity index (χ0) is 16.2. The summed E-state index contributed by atoms with van der Waals surface area (Å²) in [6.07, 6.45) is 1.74. The monoisotopic (exact) mass is 342 g/mol. The fourth-order valence-electron chi connectivity index (χ4n) is 2.38. The molecule has 2 heterocycles. The van der Waals surface area contributed by atoms with Crippen LogP contribution in [-0.2, 0) is 6.54 Å². The fourth-order valence-corrected chi connectivity index (χ4v) is 3.26. The van der Waals surface area contributed by atoms with Gasteiger partial charge in [0, 0.05) is 22.4 Å². The molecule has 0 aliphatic heterocycles. The van der Waals surface area contributed by atoms with Gasteiger partial charge in [0.05, 0.1) is 12.1 Å². The summed E-state index contributed by atoms with van der Waals surface area (Å²) in [5.41, 5.74) is 1.42. The lowest BCUT2D eigenvalue weighted by atomic mass is 10.1. The minimum absolute atomic E-state index is 0.0184. The molecule has 1 aromatic carbocycles. The summed E-state index contributed by atoms with van der Waals surface area (Å²) >= 11 is 7.54. The topological polar surface area (TPSA) is 33.2 Å². The van der Waals surface area contributed by atoms with Gasteiger partial charge in [-0.05, 0) is 41.8 Å². The molecule has 1 amide bonds. The molecule has 0 bridgehead atoms. The number of carbonyl (C=O) groups excluding carboxylic acids is 1. The van der Waals surface area contributed by atoms with Crippen LogP contribution in [0.25, 0.3) is 10.9 Å². The zero-order valence-corrected chi connectivity index (χ0v) is 14.0. The molecule has 0 unspecified atom stereocenters. The lowest BCUT2D eigenvalue weighted by molar-refractivity contribution is 0.0764. The quantitative estimate of drug-likeness (QED) is 0.494. The van der Waals surface area contributed by atoms with E-state index in [1.807, 2.05) is 35.7 Å². The van der Waals surface area contributed by atoms with E-state index in [1.54, 1.807) is 34.4 Å². The highest BCUT2D eigenvalue weighted by Gasteiger charge is 2.16. The molecule has 0 N–H and O–H groups in total. The molecular weight excluding hydrogens is 328 g/mol. The second-order valence-electron chi connectivity index (χ2n) is 5.10. The molecule has 0 radical (unpaired) electrons. The number of pyridine rings is 1. The lowest BCUT2D eigenvalue weighted by Gasteiger charge is -2.20. The van der Waals surface area contributed by atoms with Gasteiger partial charge in [-0.15, -0.1) is 17.9 Å². The third kappa shape index (κ3) is 3.60. The van der Waals surface area contributed by atoms with Gasteiger partial charge in [0.2, 0.25) is 0 Å². The Bertz CT molecular complexity index is 845. The maximum absolute atomic E-state index is 12.8. The molecule has 0 saturated carbocycles. The third-order valence-corrected chi connectivity index (χ3v) is 4.54. The Morgan fingerprint density at radius 3 is 2.91 bits per heavy atom. The number of halogens is 1. The van der Waals surface area contributed by atoms with E-state index in [1.165, 1.54) is 0 Å². The predicted molar refractivity (Wildman–Crippen MR) is 96.0 cm³/mol. The Balaban J connectivity index is 1.89. The van der Waals surface area contributed by atoms with Gasteiger partial charge >= 0.3 is 0 Å². The number of hydrogen-bond acceptors (Lipinski definition) is 3. The van der Waals surface area contributed by atoms with Gasteiger partial charge in [-0.3, -0.25) is 4.79 Å². The molecule has 0 aliphatic rings. The average molecular weight is 343 g/mol. The molecule has 3 nitrogen and oxygen atoms in total. The highest BCUT2D eigenvalue weighted by atomic mass is 35.5. The first-order valence-corrected chi connectivity index (χ1v) is 8.42. The Kier molecular flexibility index (Phi) is 4.74. The molecule has 0 saturated heterocycles. The molecule has 0 spiro atoms. The van der Waals surface area contributed by atoms with Gasteiger partial charge in [-0.1, -0.05) is 23.7 Å². The van der Waals surface area contributed by atoms with Crippen LogP contribution in [-0.4, -0.2) is 22.3 Å². The van der Waals surface area contributed by atoms with Gasteiger partial charge in [0.1, 0.15) is 5.15 Å². The van der Waals surface area contributed by atoms with Crippen LogP contribution in [0.3, 0.4) is 0 Å². The van der Waals surface area contributed by atoms with Crippen molar-refractivity contribution in [2.75, 3.05) is 6.54 Å². The van der Waals surface area contributed by atoms with Gasteiger partial charge in [-0.2, -0.15) is 0 Å². The molecule has 0 fully saturated rings. The summed E-state index contributed by atoms with van der Waals surface area (Å²) in [4.78, 5) is 20.0. The van der Waals surface area contributed by atoms with Crippen LogP contribution in [0.1, 0.15) is 15.2 Å². The molecule has 3 aromatic rings. The normalized spacial score (nSPS) is 10.7. The van der Waals surface area contributed by atoms with E-state index in [0.717, 1.165) is 15.8 Å². The largest absolute Gasteiger partial charge is 0.330 e. The van der Waals surface area contributed by atoms with Crippen molar-refractivity contribution in [1.29, 1.82) is 0 Å². The van der Waals surface area contributed by atoms with Crippen molar-refractivity contribution >= 4 is 39.7 Å². The smallest absolute Gasteiger partial charge is 0.254 e. The molecular formula is C18H15ClN2OS. The van der Waals surface area contributed by atoms with E-state index >= 15 is 0 Å². The van der Waals surface area contributed by atoms with Crippen molar-refractivity contribution in [2.24, 2.45) is 0 Å². The Hall–Kier alpha value is -2.17. The fraction of sp³-hybridized carbons (Fsp3) is 0.111. The molecule has 5 heteroatoms. The number of fused-ring (bicyclic) bond motifs is 1. The molecule has 23 heavy (non-hydrogen) atoms. The lowest BCUT2D eigenvalue weighted by Crippen LogP contribution is -2.30. The highest BCUT2D eigenvalue weighted by molar-refractivity contribution is 7.09. The number of amides is 1. The number of thiophene rings is 1. The Morgan fingerprint density at radius 1 is 1.30 bits per heavy atom. The van der Waals surface area contributed by atoms with Crippen LogP contribution >= 0.6 is 22.9 Å². The van der Waals surface area contributed by atoms with Gasteiger partial charge < -0.3 is 4.90 Å². The molecule has 3 rings (SSSR count). The maximum atomic E-state index is 12.8. The van der Waals surface area contributed by atoms with Crippen LogP contribution in [0, 0.1) is 0 Å². The third-order valence-electron chi connectivity index (χ3n) is 3.47. The second kappa shape index (κ2) is 6.94. The summed E-state index contributed by atoms with van der Waals surface area (Å²) in [6, 6.07) is 13.1. The van der Waals surface area contributed by atoms with Crippen molar-refractivity contribution in [3.8, 4) is 0 Å². The number of nitrogens with zero attached hydrogens (tertiary/aromatic N) is 2. The standard InChI is InChI=1S/C18H15ClN2OS/c1-2-9-21(12-15-4-3-10-23-15)18(22)14-5-7-16-13(11-14)6-8-17(19)20-16/h2-8,10-11H,1,9,12H2. The van der Waals surface area contributed by atoms with Crippen molar-refractivity contribution in [3.05, 3.63) is 76.1 Å². The summed E-state index contributed by atoms with van der Waals surface area (Å²) in [5.74, 6) is -0.0184. The molecule has 0 atom stereocenters.